The predicted octanol–water partition coefficient (Wildman–Crippen LogP) is 2.18. The second-order valence-electron chi connectivity index (χ2n) is 4.69. The maximum Gasteiger partial charge on any atom is 0.248 e. The molecule has 0 fully saturated rings. The van der Waals surface area contributed by atoms with Crippen LogP contribution in [0.15, 0.2) is 24.5 Å². The van der Waals surface area contributed by atoms with Gasteiger partial charge in [0, 0.05) is 12.1 Å². The molecule has 0 saturated heterocycles. The van der Waals surface area contributed by atoms with Crippen molar-refractivity contribution < 1.29 is 4.79 Å². The Bertz CT molecular complexity index is 543. The Morgan fingerprint density at radius 3 is 2.88 bits per heavy atom. The highest BCUT2D eigenvalue weighted by atomic mass is 16.1. The number of aromatic nitrogens is 2. The van der Waals surface area contributed by atoms with Crippen molar-refractivity contribution in [1.29, 1.82) is 0 Å². The van der Waals surface area contributed by atoms with Gasteiger partial charge in [-0.1, -0.05) is 13.8 Å². The number of imidazole rings is 1. The lowest BCUT2D eigenvalue weighted by atomic mass is 10.1. The molecule has 2 aromatic rings. The molecule has 2 rings (SSSR count). The summed E-state index contributed by atoms with van der Waals surface area (Å²) in [4.78, 5) is 15.4. The van der Waals surface area contributed by atoms with Gasteiger partial charge in [0.05, 0.1) is 17.4 Å². The standard InChI is InChI=1S/C13H17N3O/c1-9(2)5-6-16-8-15-11-4-3-10(13(14)17)7-12(11)16/h3-4,7-9H,5-6H2,1-2H3,(H2,14,17). The van der Waals surface area contributed by atoms with E-state index in [-0.39, 0.29) is 0 Å². The fraction of sp³-hybridized carbons (Fsp3) is 0.385. The monoisotopic (exact) mass is 231 g/mol. The molecule has 0 saturated carbocycles. The number of primary amides is 1. The lowest BCUT2D eigenvalue weighted by Gasteiger charge is -2.07. The average Bonchev–Trinajstić information content (AvgIpc) is 2.68. The number of hydrogen-bond acceptors (Lipinski definition) is 2. The van der Waals surface area contributed by atoms with E-state index < -0.39 is 5.91 Å². The fourth-order valence-electron chi connectivity index (χ4n) is 1.79. The van der Waals surface area contributed by atoms with Crippen LogP contribution in [-0.2, 0) is 6.54 Å². The maximum atomic E-state index is 11.1. The molecule has 17 heavy (non-hydrogen) atoms. The van der Waals surface area contributed by atoms with Gasteiger partial charge in [-0.3, -0.25) is 4.79 Å². The van der Waals surface area contributed by atoms with Crippen molar-refractivity contribution in [2.24, 2.45) is 11.7 Å². The van der Waals surface area contributed by atoms with E-state index in [1.165, 1.54) is 0 Å². The summed E-state index contributed by atoms with van der Waals surface area (Å²) in [7, 11) is 0. The zero-order chi connectivity index (χ0) is 12.4. The number of nitrogens with two attached hydrogens (primary N) is 1. The van der Waals surface area contributed by atoms with Gasteiger partial charge in [-0.05, 0) is 30.5 Å². The molecule has 4 heteroatoms. The van der Waals surface area contributed by atoms with Crippen LogP contribution in [0.3, 0.4) is 0 Å². The second-order valence-corrected chi connectivity index (χ2v) is 4.69. The molecule has 1 amide bonds. The third-order valence-electron chi connectivity index (χ3n) is 2.85. The number of fused-ring (bicyclic) bond motifs is 1. The Labute approximate surface area is 100 Å². The van der Waals surface area contributed by atoms with Crippen molar-refractivity contribution in [2.75, 3.05) is 0 Å². The molecule has 0 aliphatic heterocycles. The van der Waals surface area contributed by atoms with Crippen LogP contribution in [0.25, 0.3) is 11.0 Å². The molecule has 2 N–H and O–H groups in total. The zero-order valence-electron chi connectivity index (χ0n) is 10.2. The summed E-state index contributed by atoms with van der Waals surface area (Å²) in [5, 5.41) is 0. The third kappa shape index (κ3) is 2.46. The summed E-state index contributed by atoms with van der Waals surface area (Å²) in [6.45, 7) is 5.29. The number of carbonyl (C=O) groups excluding carboxylic acids is 1. The maximum absolute atomic E-state index is 11.1. The van der Waals surface area contributed by atoms with Gasteiger partial charge >= 0.3 is 0 Å². The Morgan fingerprint density at radius 1 is 1.47 bits per heavy atom. The van der Waals surface area contributed by atoms with E-state index in [2.05, 4.69) is 23.4 Å². The van der Waals surface area contributed by atoms with Crippen LogP contribution in [0.1, 0.15) is 30.6 Å². The largest absolute Gasteiger partial charge is 0.366 e. The van der Waals surface area contributed by atoms with Crippen LogP contribution in [0.4, 0.5) is 0 Å². The first-order chi connectivity index (χ1) is 8.08. The first kappa shape index (κ1) is 11.6. The molecule has 1 heterocycles. The second kappa shape index (κ2) is 4.57. The number of hydrogen-bond donors (Lipinski definition) is 1. The fourth-order valence-corrected chi connectivity index (χ4v) is 1.79. The molecular formula is C13H17N3O. The molecule has 90 valence electrons. The molecular weight excluding hydrogens is 214 g/mol. The Kier molecular flexibility index (Phi) is 3.13. The summed E-state index contributed by atoms with van der Waals surface area (Å²) >= 11 is 0. The zero-order valence-corrected chi connectivity index (χ0v) is 10.2. The molecule has 0 aliphatic carbocycles. The Morgan fingerprint density at radius 2 is 2.24 bits per heavy atom. The van der Waals surface area contributed by atoms with E-state index in [9.17, 15) is 4.79 Å². The minimum Gasteiger partial charge on any atom is -0.366 e. The van der Waals surface area contributed by atoms with E-state index in [0.29, 0.717) is 11.5 Å². The van der Waals surface area contributed by atoms with Gasteiger partial charge in [-0.2, -0.15) is 0 Å². The van der Waals surface area contributed by atoms with Gasteiger partial charge in [0.25, 0.3) is 0 Å². The van der Waals surface area contributed by atoms with Crippen molar-refractivity contribution in [3.63, 3.8) is 0 Å². The predicted molar refractivity (Wildman–Crippen MR) is 67.7 cm³/mol. The summed E-state index contributed by atoms with van der Waals surface area (Å²) in [5.41, 5.74) is 7.68. The van der Waals surface area contributed by atoms with Crippen LogP contribution in [-0.4, -0.2) is 15.5 Å². The molecule has 1 aromatic carbocycles. The van der Waals surface area contributed by atoms with Gasteiger partial charge in [0.15, 0.2) is 0 Å². The number of amides is 1. The van der Waals surface area contributed by atoms with Crippen molar-refractivity contribution in [3.8, 4) is 0 Å². The minimum absolute atomic E-state index is 0.400. The van der Waals surface area contributed by atoms with Crippen LogP contribution >= 0.6 is 0 Å². The average molecular weight is 231 g/mol. The molecule has 0 unspecified atom stereocenters. The molecule has 0 spiro atoms. The van der Waals surface area contributed by atoms with Crippen LogP contribution in [0.5, 0.6) is 0 Å². The Hall–Kier alpha value is -1.84. The summed E-state index contributed by atoms with van der Waals surface area (Å²) in [6.07, 6.45) is 2.91. The molecule has 0 atom stereocenters. The quantitative estimate of drug-likeness (QED) is 0.876. The smallest absolute Gasteiger partial charge is 0.248 e. The van der Waals surface area contributed by atoms with Gasteiger partial charge < -0.3 is 10.3 Å². The minimum atomic E-state index is -0.400. The van der Waals surface area contributed by atoms with Crippen LogP contribution < -0.4 is 5.73 Å². The van der Waals surface area contributed by atoms with E-state index in [4.69, 9.17) is 5.73 Å². The summed E-state index contributed by atoms with van der Waals surface area (Å²) in [5.74, 6) is 0.246. The van der Waals surface area contributed by atoms with Crippen molar-refractivity contribution in [1.82, 2.24) is 9.55 Å². The van der Waals surface area contributed by atoms with E-state index in [1.807, 2.05) is 18.5 Å². The topological polar surface area (TPSA) is 60.9 Å². The van der Waals surface area contributed by atoms with Gasteiger partial charge in [0.2, 0.25) is 5.91 Å². The van der Waals surface area contributed by atoms with Gasteiger partial charge in [0.1, 0.15) is 0 Å². The Balaban J connectivity index is 2.36. The van der Waals surface area contributed by atoms with Crippen LogP contribution in [0, 0.1) is 5.92 Å². The van der Waals surface area contributed by atoms with E-state index >= 15 is 0 Å². The van der Waals surface area contributed by atoms with Crippen molar-refractivity contribution in [2.45, 2.75) is 26.8 Å². The highest BCUT2D eigenvalue weighted by Crippen LogP contribution is 2.16. The summed E-state index contributed by atoms with van der Waals surface area (Å²) < 4.78 is 2.07. The normalized spacial score (nSPS) is 11.2. The van der Waals surface area contributed by atoms with Gasteiger partial charge in [-0.15, -0.1) is 0 Å². The van der Waals surface area contributed by atoms with Crippen molar-refractivity contribution in [3.05, 3.63) is 30.1 Å². The first-order valence-electron chi connectivity index (χ1n) is 5.82. The first-order valence-corrected chi connectivity index (χ1v) is 5.82. The highest BCUT2D eigenvalue weighted by Gasteiger charge is 2.07. The van der Waals surface area contributed by atoms with Crippen molar-refractivity contribution >= 4 is 16.9 Å². The molecule has 1 aromatic heterocycles. The number of nitrogens with zero attached hydrogens (tertiary/aromatic N) is 2. The number of rotatable bonds is 4. The van der Waals surface area contributed by atoms with Crippen LogP contribution in [0.2, 0.25) is 0 Å². The lowest BCUT2D eigenvalue weighted by molar-refractivity contribution is 0.100. The third-order valence-corrected chi connectivity index (χ3v) is 2.85. The lowest BCUT2D eigenvalue weighted by Crippen LogP contribution is -2.10. The molecule has 0 radical (unpaired) electrons. The molecule has 4 nitrogen and oxygen atoms in total. The molecule has 0 bridgehead atoms. The number of carbonyl (C=O) groups is 1. The van der Waals surface area contributed by atoms with E-state index in [1.54, 1.807) is 6.07 Å². The SMILES string of the molecule is CC(C)CCn1cnc2ccc(C(N)=O)cc21. The summed E-state index contributed by atoms with van der Waals surface area (Å²) in [6, 6.07) is 5.36. The number of aryl methyl sites for hydroxylation is 1. The highest BCUT2D eigenvalue weighted by molar-refractivity contribution is 5.96. The number of benzene rings is 1. The molecule has 0 aliphatic rings. The van der Waals surface area contributed by atoms with Gasteiger partial charge in [-0.25, -0.2) is 4.98 Å². The van der Waals surface area contributed by atoms with E-state index in [0.717, 1.165) is 24.0 Å².